The predicted molar refractivity (Wildman–Crippen MR) is 79.5 cm³/mol. The van der Waals surface area contributed by atoms with Gasteiger partial charge in [-0.2, -0.15) is 0 Å². The van der Waals surface area contributed by atoms with E-state index in [-0.39, 0.29) is 0 Å². The Morgan fingerprint density at radius 3 is 2.68 bits per heavy atom. The van der Waals surface area contributed by atoms with Crippen LogP contribution in [-0.2, 0) is 18.3 Å². The fourth-order valence-electron chi connectivity index (χ4n) is 1.80. The lowest BCUT2D eigenvalue weighted by molar-refractivity contribution is 0.125. The number of hydrogen-bond donors (Lipinski definition) is 1. The van der Waals surface area contributed by atoms with E-state index in [2.05, 4.69) is 28.7 Å². The highest BCUT2D eigenvalue weighted by atomic mass is 16.5. The van der Waals surface area contributed by atoms with Crippen molar-refractivity contribution in [2.45, 2.75) is 26.8 Å². The zero-order chi connectivity index (χ0) is 14.3. The van der Waals surface area contributed by atoms with Crippen LogP contribution in [0.3, 0.4) is 0 Å². The van der Waals surface area contributed by atoms with E-state index in [4.69, 9.17) is 4.74 Å². The standard InChI is InChI=1S/C14H28N4O/c1-12(2)6-8-19-9-7-15-10-13-11-16-14(17(3)4)18(13)5/h11-12,15H,6-10H2,1-5H3. The summed E-state index contributed by atoms with van der Waals surface area (Å²) >= 11 is 0. The van der Waals surface area contributed by atoms with Crippen LogP contribution in [0.5, 0.6) is 0 Å². The first kappa shape index (κ1) is 16.0. The summed E-state index contributed by atoms with van der Waals surface area (Å²) in [5, 5.41) is 3.38. The molecule has 0 saturated heterocycles. The number of ether oxygens (including phenoxy) is 1. The molecular formula is C14H28N4O. The normalized spacial score (nSPS) is 11.3. The van der Waals surface area contributed by atoms with Crippen molar-refractivity contribution < 1.29 is 4.74 Å². The molecule has 1 aromatic rings. The second-order valence-corrected chi connectivity index (χ2v) is 5.47. The van der Waals surface area contributed by atoms with Crippen LogP contribution in [-0.4, -0.2) is 43.4 Å². The Balaban J connectivity index is 2.16. The van der Waals surface area contributed by atoms with Gasteiger partial charge in [-0.05, 0) is 12.3 Å². The molecule has 0 saturated carbocycles. The number of aromatic nitrogens is 2. The van der Waals surface area contributed by atoms with E-state index in [0.717, 1.165) is 38.7 Å². The van der Waals surface area contributed by atoms with Gasteiger partial charge in [-0.1, -0.05) is 13.8 Å². The third-order valence-corrected chi connectivity index (χ3v) is 3.03. The minimum atomic E-state index is 0.715. The van der Waals surface area contributed by atoms with Gasteiger partial charge in [-0.15, -0.1) is 0 Å². The molecule has 0 spiro atoms. The molecule has 0 aliphatic rings. The average molecular weight is 268 g/mol. The molecule has 0 bridgehead atoms. The van der Waals surface area contributed by atoms with Crippen molar-refractivity contribution in [3.05, 3.63) is 11.9 Å². The minimum absolute atomic E-state index is 0.715. The van der Waals surface area contributed by atoms with Gasteiger partial charge in [0, 0.05) is 40.8 Å². The van der Waals surface area contributed by atoms with Crippen molar-refractivity contribution in [2.24, 2.45) is 13.0 Å². The minimum Gasteiger partial charge on any atom is -0.380 e. The molecule has 0 aliphatic carbocycles. The molecule has 1 heterocycles. The highest BCUT2D eigenvalue weighted by molar-refractivity contribution is 5.30. The average Bonchev–Trinajstić information content (AvgIpc) is 2.69. The van der Waals surface area contributed by atoms with E-state index in [9.17, 15) is 0 Å². The van der Waals surface area contributed by atoms with Crippen LogP contribution in [0.4, 0.5) is 5.95 Å². The van der Waals surface area contributed by atoms with Gasteiger partial charge in [-0.3, -0.25) is 0 Å². The van der Waals surface area contributed by atoms with Gasteiger partial charge in [0.25, 0.3) is 0 Å². The SMILES string of the molecule is CC(C)CCOCCNCc1cnc(N(C)C)n1C. The maximum atomic E-state index is 5.56. The van der Waals surface area contributed by atoms with Crippen molar-refractivity contribution in [1.29, 1.82) is 0 Å². The summed E-state index contributed by atoms with van der Waals surface area (Å²) in [5.74, 6) is 1.69. The van der Waals surface area contributed by atoms with E-state index in [0.29, 0.717) is 5.92 Å². The summed E-state index contributed by atoms with van der Waals surface area (Å²) in [6.07, 6.45) is 3.05. The molecule has 1 rings (SSSR count). The molecule has 0 radical (unpaired) electrons. The molecule has 1 aromatic heterocycles. The summed E-state index contributed by atoms with van der Waals surface area (Å²) < 4.78 is 7.67. The Morgan fingerprint density at radius 1 is 1.37 bits per heavy atom. The van der Waals surface area contributed by atoms with Gasteiger partial charge >= 0.3 is 0 Å². The van der Waals surface area contributed by atoms with E-state index in [1.54, 1.807) is 0 Å². The molecule has 19 heavy (non-hydrogen) atoms. The highest BCUT2D eigenvalue weighted by Gasteiger charge is 2.06. The summed E-state index contributed by atoms with van der Waals surface area (Å²) in [6, 6.07) is 0. The van der Waals surface area contributed by atoms with Crippen LogP contribution >= 0.6 is 0 Å². The molecule has 0 amide bonds. The number of anilines is 1. The topological polar surface area (TPSA) is 42.3 Å². The predicted octanol–water partition coefficient (Wildman–Crippen LogP) is 1.64. The zero-order valence-corrected chi connectivity index (χ0v) is 12.9. The molecule has 5 nitrogen and oxygen atoms in total. The molecule has 110 valence electrons. The molecule has 5 heteroatoms. The number of nitrogens with one attached hydrogen (secondary N) is 1. The molecule has 0 unspecified atom stereocenters. The van der Waals surface area contributed by atoms with Crippen LogP contribution in [0.25, 0.3) is 0 Å². The lowest BCUT2D eigenvalue weighted by atomic mass is 10.1. The van der Waals surface area contributed by atoms with Crippen LogP contribution < -0.4 is 10.2 Å². The first-order valence-electron chi connectivity index (χ1n) is 6.98. The molecule has 0 fully saturated rings. The number of imidazole rings is 1. The van der Waals surface area contributed by atoms with Crippen molar-refractivity contribution in [2.75, 3.05) is 38.8 Å². The Morgan fingerprint density at radius 2 is 2.11 bits per heavy atom. The Bertz CT molecular complexity index is 360. The molecule has 0 atom stereocenters. The molecular weight excluding hydrogens is 240 g/mol. The van der Waals surface area contributed by atoms with E-state index >= 15 is 0 Å². The fraction of sp³-hybridized carbons (Fsp3) is 0.786. The quantitative estimate of drug-likeness (QED) is 0.691. The third-order valence-electron chi connectivity index (χ3n) is 3.03. The van der Waals surface area contributed by atoms with Gasteiger partial charge in [0.15, 0.2) is 0 Å². The van der Waals surface area contributed by atoms with Crippen molar-refractivity contribution in [3.63, 3.8) is 0 Å². The third kappa shape index (κ3) is 5.61. The maximum absolute atomic E-state index is 5.56. The first-order valence-corrected chi connectivity index (χ1v) is 6.98. The van der Waals surface area contributed by atoms with E-state index in [1.165, 1.54) is 5.69 Å². The first-order chi connectivity index (χ1) is 9.02. The largest absolute Gasteiger partial charge is 0.380 e. The number of rotatable bonds is 9. The van der Waals surface area contributed by atoms with Crippen molar-refractivity contribution >= 4 is 5.95 Å². The number of nitrogens with zero attached hydrogens (tertiary/aromatic N) is 3. The van der Waals surface area contributed by atoms with Gasteiger partial charge in [-0.25, -0.2) is 4.98 Å². The molecule has 0 aliphatic heterocycles. The highest BCUT2D eigenvalue weighted by Crippen LogP contribution is 2.10. The summed E-state index contributed by atoms with van der Waals surface area (Å²) in [7, 11) is 6.04. The fourth-order valence-corrected chi connectivity index (χ4v) is 1.80. The van der Waals surface area contributed by atoms with Gasteiger partial charge in [0.2, 0.25) is 5.95 Å². The smallest absolute Gasteiger partial charge is 0.204 e. The second-order valence-electron chi connectivity index (χ2n) is 5.47. The van der Waals surface area contributed by atoms with Crippen LogP contribution in [0, 0.1) is 5.92 Å². The summed E-state index contributed by atoms with van der Waals surface area (Å²) in [5.41, 5.74) is 1.19. The van der Waals surface area contributed by atoms with Gasteiger partial charge < -0.3 is 19.5 Å². The summed E-state index contributed by atoms with van der Waals surface area (Å²) in [4.78, 5) is 6.39. The van der Waals surface area contributed by atoms with E-state index < -0.39 is 0 Å². The maximum Gasteiger partial charge on any atom is 0.204 e. The molecule has 1 N–H and O–H groups in total. The van der Waals surface area contributed by atoms with Crippen molar-refractivity contribution in [1.82, 2.24) is 14.9 Å². The van der Waals surface area contributed by atoms with Gasteiger partial charge in [0.1, 0.15) is 0 Å². The Hall–Kier alpha value is -1.07. The second kappa shape index (κ2) is 8.17. The molecule has 0 aromatic carbocycles. The lowest BCUT2D eigenvalue weighted by Crippen LogP contribution is -2.21. The van der Waals surface area contributed by atoms with Crippen molar-refractivity contribution in [3.8, 4) is 0 Å². The zero-order valence-electron chi connectivity index (χ0n) is 12.9. The summed E-state index contributed by atoms with van der Waals surface area (Å²) in [6.45, 7) is 7.76. The van der Waals surface area contributed by atoms with Crippen LogP contribution in [0.1, 0.15) is 26.0 Å². The van der Waals surface area contributed by atoms with E-state index in [1.807, 2.05) is 32.2 Å². The lowest BCUT2D eigenvalue weighted by Gasteiger charge is -2.13. The van der Waals surface area contributed by atoms with Gasteiger partial charge in [0.05, 0.1) is 18.5 Å². The number of hydrogen-bond acceptors (Lipinski definition) is 4. The van der Waals surface area contributed by atoms with Crippen LogP contribution in [0.15, 0.2) is 6.20 Å². The Labute approximate surface area is 117 Å². The monoisotopic (exact) mass is 268 g/mol. The Kier molecular flexibility index (Phi) is 6.87. The van der Waals surface area contributed by atoms with Crippen LogP contribution in [0.2, 0.25) is 0 Å².